The van der Waals surface area contributed by atoms with Crippen LogP contribution in [0, 0.1) is 11.3 Å². The molecule has 0 saturated carbocycles. The van der Waals surface area contributed by atoms with Gasteiger partial charge in [0.25, 0.3) is 5.56 Å². The molecular formula is C14H14BrN3OS. The molecule has 1 atom stereocenters. The van der Waals surface area contributed by atoms with Gasteiger partial charge in [-0.1, -0.05) is 34.6 Å². The SMILES string of the molecule is CCCn1c(SC(C)C#N)nc2ccc(Br)cc2c1=O. The molecule has 0 radical (unpaired) electrons. The van der Waals surface area contributed by atoms with Crippen molar-refractivity contribution in [3.63, 3.8) is 0 Å². The predicted molar refractivity (Wildman–Crippen MR) is 84.9 cm³/mol. The summed E-state index contributed by atoms with van der Waals surface area (Å²) in [5, 5.41) is 9.92. The minimum Gasteiger partial charge on any atom is -0.287 e. The highest BCUT2D eigenvalue weighted by molar-refractivity contribution is 9.10. The molecule has 0 aliphatic rings. The molecule has 4 nitrogen and oxygen atoms in total. The van der Waals surface area contributed by atoms with E-state index < -0.39 is 0 Å². The third-order valence-corrected chi connectivity index (χ3v) is 4.27. The van der Waals surface area contributed by atoms with Crippen molar-refractivity contribution in [2.75, 3.05) is 0 Å². The number of hydrogen-bond acceptors (Lipinski definition) is 4. The van der Waals surface area contributed by atoms with Crippen LogP contribution in [-0.2, 0) is 6.54 Å². The van der Waals surface area contributed by atoms with Crippen molar-refractivity contribution in [3.8, 4) is 6.07 Å². The molecule has 104 valence electrons. The summed E-state index contributed by atoms with van der Waals surface area (Å²) in [5.74, 6) is 0. The summed E-state index contributed by atoms with van der Waals surface area (Å²) >= 11 is 4.70. The van der Waals surface area contributed by atoms with Crippen LogP contribution in [-0.4, -0.2) is 14.8 Å². The van der Waals surface area contributed by atoms with Crippen LogP contribution in [0.4, 0.5) is 0 Å². The van der Waals surface area contributed by atoms with Gasteiger partial charge in [0.05, 0.1) is 22.2 Å². The number of hydrogen-bond donors (Lipinski definition) is 0. The molecule has 0 amide bonds. The number of nitrogens with zero attached hydrogens (tertiary/aromatic N) is 3. The third kappa shape index (κ3) is 3.05. The van der Waals surface area contributed by atoms with Crippen molar-refractivity contribution in [1.29, 1.82) is 5.26 Å². The fraction of sp³-hybridized carbons (Fsp3) is 0.357. The molecule has 0 saturated heterocycles. The van der Waals surface area contributed by atoms with E-state index in [0.29, 0.717) is 22.6 Å². The molecule has 6 heteroatoms. The lowest BCUT2D eigenvalue weighted by Crippen LogP contribution is -2.23. The van der Waals surface area contributed by atoms with Gasteiger partial charge in [-0.3, -0.25) is 9.36 Å². The minimum atomic E-state index is -0.238. The first-order valence-electron chi connectivity index (χ1n) is 6.33. The van der Waals surface area contributed by atoms with E-state index in [1.54, 1.807) is 17.6 Å². The van der Waals surface area contributed by atoms with Crippen LogP contribution in [0.3, 0.4) is 0 Å². The lowest BCUT2D eigenvalue weighted by molar-refractivity contribution is 0.584. The standard InChI is InChI=1S/C14H14BrN3OS/c1-3-6-18-13(19)11-7-10(15)4-5-12(11)17-14(18)20-9(2)8-16/h4-5,7,9H,3,6H2,1-2H3. The van der Waals surface area contributed by atoms with Gasteiger partial charge < -0.3 is 0 Å². The quantitative estimate of drug-likeness (QED) is 0.623. The fourth-order valence-electron chi connectivity index (χ4n) is 1.87. The van der Waals surface area contributed by atoms with E-state index in [9.17, 15) is 4.79 Å². The number of aromatic nitrogens is 2. The molecule has 0 spiro atoms. The van der Waals surface area contributed by atoms with Crippen molar-refractivity contribution in [1.82, 2.24) is 9.55 Å². The molecule has 20 heavy (non-hydrogen) atoms. The van der Waals surface area contributed by atoms with E-state index in [0.717, 1.165) is 10.9 Å². The van der Waals surface area contributed by atoms with Crippen LogP contribution in [0.5, 0.6) is 0 Å². The highest BCUT2D eigenvalue weighted by Gasteiger charge is 2.14. The van der Waals surface area contributed by atoms with Crippen LogP contribution in [0.2, 0.25) is 0 Å². The van der Waals surface area contributed by atoms with Crippen molar-refractivity contribution >= 4 is 38.6 Å². The Labute approximate surface area is 129 Å². The van der Waals surface area contributed by atoms with E-state index in [-0.39, 0.29) is 10.8 Å². The summed E-state index contributed by atoms with van der Waals surface area (Å²) in [6, 6.07) is 7.63. The van der Waals surface area contributed by atoms with Gasteiger partial charge in [0.2, 0.25) is 0 Å². The van der Waals surface area contributed by atoms with Gasteiger partial charge in [0, 0.05) is 11.0 Å². The van der Waals surface area contributed by atoms with Crippen LogP contribution in [0.1, 0.15) is 20.3 Å². The fourth-order valence-corrected chi connectivity index (χ4v) is 3.05. The maximum Gasteiger partial charge on any atom is 0.262 e. The van der Waals surface area contributed by atoms with Crippen molar-refractivity contribution in [2.45, 2.75) is 37.2 Å². The molecule has 1 aromatic heterocycles. The predicted octanol–water partition coefficient (Wildman–Crippen LogP) is 3.57. The van der Waals surface area contributed by atoms with Crippen LogP contribution in [0.25, 0.3) is 10.9 Å². The van der Waals surface area contributed by atoms with E-state index >= 15 is 0 Å². The summed E-state index contributed by atoms with van der Waals surface area (Å²) in [5.41, 5.74) is 0.615. The second-order valence-corrected chi connectivity index (χ2v) is 6.63. The lowest BCUT2D eigenvalue weighted by atomic mass is 10.2. The van der Waals surface area contributed by atoms with Crippen LogP contribution in [0.15, 0.2) is 32.6 Å². The smallest absolute Gasteiger partial charge is 0.262 e. The van der Waals surface area contributed by atoms with E-state index in [4.69, 9.17) is 5.26 Å². The molecule has 2 rings (SSSR count). The molecule has 0 aliphatic carbocycles. The summed E-state index contributed by atoms with van der Waals surface area (Å²) < 4.78 is 2.52. The number of rotatable bonds is 4. The lowest BCUT2D eigenvalue weighted by Gasteiger charge is -2.13. The van der Waals surface area contributed by atoms with Gasteiger partial charge in [-0.05, 0) is 31.5 Å². The Morgan fingerprint density at radius 2 is 2.30 bits per heavy atom. The van der Waals surface area contributed by atoms with Gasteiger partial charge in [-0.15, -0.1) is 0 Å². The van der Waals surface area contributed by atoms with Crippen molar-refractivity contribution < 1.29 is 0 Å². The molecule has 0 aliphatic heterocycles. The third-order valence-electron chi connectivity index (χ3n) is 2.79. The molecular weight excluding hydrogens is 338 g/mol. The Hall–Kier alpha value is -1.32. The molecule has 2 aromatic rings. The van der Waals surface area contributed by atoms with Gasteiger partial charge >= 0.3 is 0 Å². The normalized spacial score (nSPS) is 12.3. The van der Waals surface area contributed by atoms with Gasteiger partial charge in [0.15, 0.2) is 5.16 Å². The van der Waals surface area contributed by atoms with Gasteiger partial charge in [0.1, 0.15) is 0 Å². The Morgan fingerprint density at radius 1 is 1.55 bits per heavy atom. The maximum absolute atomic E-state index is 12.6. The van der Waals surface area contributed by atoms with E-state index in [1.807, 2.05) is 19.1 Å². The molecule has 0 fully saturated rings. The number of thioether (sulfide) groups is 1. The minimum absolute atomic E-state index is 0.0502. The zero-order valence-corrected chi connectivity index (χ0v) is 13.7. The zero-order chi connectivity index (χ0) is 14.7. The van der Waals surface area contributed by atoms with Gasteiger partial charge in [-0.25, -0.2) is 4.98 Å². The number of fused-ring (bicyclic) bond motifs is 1. The molecule has 1 aromatic carbocycles. The number of halogens is 1. The van der Waals surface area contributed by atoms with Gasteiger partial charge in [-0.2, -0.15) is 5.26 Å². The summed E-state index contributed by atoms with van der Waals surface area (Å²) in [4.78, 5) is 17.1. The molecule has 0 N–H and O–H groups in total. The Morgan fingerprint density at radius 3 is 2.95 bits per heavy atom. The number of nitriles is 1. The van der Waals surface area contributed by atoms with E-state index in [1.165, 1.54) is 11.8 Å². The van der Waals surface area contributed by atoms with Crippen LogP contribution >= 0.6 is 27.7 Å². The Bertz CT molecular complexity index is 736. The Balaban J connectivity index is 2.67. The molecule has 0 bridgehead atoms. The monoisotopic (exact) mass is 351 g/mol. The summed E-state index contributed by atoms with van der Waals surface area (Å²) in [6.45, 7) is 4.42. The second kappa shape index (κ2) is 6.42. The zero-order valence-electron chi connectivity index (χ0n) is 11.3. The maximum atomic E-state index is 12.6. The Kier molecular flexibility index (Phi) is 4.84. The largest absolute Gasteiger partial charge is 0.287 e. The summed E-state index contributed by atoms with van der Waals surface area (Å²) in [7, 11) is 0. The molecule has 1 heterocycles. The van der Waals surface area contributed by atoms with Crippen molar-refractivity contribution in [2.24, 2.45) is 0 Å². The number of benzene rings is 1. The average Bonchev–Trinajstić information content (AvgIpc) is 2.44. The summed E-state index contributed by atoms with van der Waals surface area (Å²) in [6.07, 6.45) is 0.843. The average molecular weight is 352 g/mol. The van der Waals surface area contributed by atoms with E-state index in [2.05, 4.69) is 27.0 Å². The highest BCUT2D eigenvalue weighted by Crippen LogP contribution is 2.23. The second-order valence-electron chi connectivity index (χ2n) is 4.40. The molecule has 1 unspecified atom stereocenters. The van der Waals surface area contributed by atoms with Crippen LogP contribution < -0.4 is 5.56 Å². The van der Waals surface area contributed by atoms with Crippen molar-refractivity contribution in [3.05, 3.63) is 33.0 Å². The first kappa shape index (κ1) is 15.1. The first-order chi connectivity index (χ1) is 9.56. The first-order valence-corrected chi connectivity index (χ1v) is 8.00. The topological polar surface area (TPSA) is 58.7 Å². The highest BCUT2D eigenvalue weighted by atomic mass is 79.9.